The van der Waals surface area contributed by atoms with Gasteiger partial charge in [-0.25, -0.2) is 8.42 Å². The van der Waals surface area contributed by atoms with Gasteiger partial charge in [0.1, 0.15) is 5.75 Å². The van der Waals surface area contributed by atoms with Crippen molar-refractivity contribution >= 4 is 21.6 Å². The Bertz CT molecular complexity index is 1040. The van der Waals surface area contributed by atoms with Gasteiger partial charge in [-0.2, -0.15) is 17.5 Å². The molecule has 1 fully saturated rings. The first-order chi connectivity index (χ1) is 15.1. The zero-order chi connectivity index (χ0) is 23.4. The third-order valence-electron chi connectivity index (χ3n) is 4.94. The van der Waals surface area contributed by atoms with Gasteiger partial charge in [0.25, 0.3) is 0 Å². The molecule has 0 radical (unpaired) electrons. The van der Waals surface area contributed by atoms with Gasteiger partial charge >= 0.3 is 6.18 Å². The van der Waals surface area contributed by atoms with Gasteiger partial charge in [-0.15, -0.1) is 0 Å². The Kier molecular flexibility index (Phi) is 7.42. The molecule has 2 aromatic carbocycles. The highest BCUT2D eigenvalue weighted by atomic mass is 32.2. The van der Waals surface area contributed by atoms with Crippen LogP contribution in [0.25, 0.3) is 0 Å². The molecule has 1 aliphatic rings. The minimum absolute atomic E-state index is 0.0484. The molecule has 32 heavy (non-hydrogen) atoms. The standard InChI is InChI=1S/C21H24F3N3O4S/c1-2-31-18-6-8-19(9-7-18)32(29,30)27-12-10-26(11-13-27)15-20(28)25-17-5-3-4-16(14-17)21(22,23)24/h3-9,14H,2,10-13,15H2,1H3,(H,25,28). The van der Waals surface area contributed by atoms with Gasteiger partial charge in [0.15, 0.2) is 0 Å². The summed E-state index contributed by atoms with van der Waals surface area (Å²) in [5, 5.41) is 2.46. The van der Waals surface area contributed by atoms with Gasteiger partial charge in [0, 0.05) is 31.9 Å². The topological polar surface area (TPSA) is 79.0 Å². The molecule has 11 heteroatoms. The van der Waals surface area contributed by atoms with E-state index in [1.807, 2.05) is 6.92 Å². The number of hydrogen-bond donors (Lipinski definition) is 1. The molecule has 0 unspecified atom stereocenters. The lowest BCUT2D eigenvalue weighted by Gasteiger charge is -2.33. The van der Waals surface area contributed by atoms with E-state index in [0.717, 1.165) is 12.1 Å². The van der Waals surface area contributed by atoms with Crippen molar-refractivity contribution in [1.29, 1.82) is 0 Å². The summed E-state index contributed by atoms with van der Waals surface area (Å²) in [5.74, 6) is 0.121. The molecule has 1 amide bonds. The SMILES string of the molecule is CCOc1ccc(S(=O)(=O)N2CCN(CC(=O)Nc3cccc(C(F)(F)F)c3)CC2)cc1. The van der Waals surface area contributed by atoms with Crippen molar-refractivity contribution in [3.8, 4) is 5.75 Å². The van der Waals surface area contributed by atoms with E-state index in [4.69, 9.17) is 4.74 Å². The fourth-order valence-electron chi connectivity index (χ4n) is 3.33. The zero-order valence-corrected chi connectivity index (χ0v) is 18.2. The number of piperazine rings is 1. The van der Waals surface area contributed by atoms with Gasteiger partial charge in [0.2, 0.25) is 15.9 Å². The van der Waals surface area contributed by atoms with E-state index >= 15 is 0 Å². The van der Waals surface area contributed by atoms with E-state index in [1.165, 1.54) is 28.6 Å². The second kappa shape index (κ2) is 9.88. The summed E-state index contributed by atoms with van der Waals surface area (Å²) >= 11 is 0. The third kappa shape index (κ3) is 5.99. The molecule has 1 aliphatic heterocycles. The quantitative estimate of drug-likeness (QED) is 0.672. The summed E-state index contributed by atoms with van der Waals surface area (Å²) in [6.07, 6.45) is -4.49. The number of hydrogen-bond acceptors (Lipinski definition) is 5. The number of halogens is 3. The Balaban J connectivity index is 1.53. The maximum atomic E-state index is 12.8. The summed E-state index contributed by atoms with van der Waals surface area (Å²) in [4.78, 5) is 14.2. The Morgan fingerprint density at radius 2 is 1.72 bits per heavy atom. The van der Waals surface area contributed by atoms with E-state index in [0.29, 0.717) is 25.4 Å². The fraction of sp³-hybridized carbons (Fsp3) is 0.381. The Morgan fingerprint density at radius 1 is 1.06 bits per heavy atom. The summed E-state index contributed by atoms with van der Waals surface area (Å²) in [6.45, 7) is 3.32. The molecule has 0 saturated carbocycles. The largest absolute Gasteiger partial charge is 0.494 e. The minimum Gasteiger partial charge on any atom is -0.494 e. The molecule has 0 aliphatic carbocycles. The second-order valence-electron chi connectivity index (χ2n) is 7.21. The molecular weight excluding hydrogens is 447 g/mol. The first-order valence-electron chi connectivity index (χ1n) is 10.0. The van der Waals surface area contributed by atoms with Crippen molar-refractivity contribution in [1.82, 2.24) is 9.21 Å². The van der Waals surface area contributed by atoms with Crippen LogP contribution in [-0.4, -0.2) is 62.9 Å². The van der Waals surface area contributed by atoms with E-state index in [9.17, 15) is 26.4 Å². The number of ether oxygens (including phenoxy) is 1. The molecule has 0 bridgehead atoms. The number of amides is 1. The van der Waals surface area contributed by atoms with Crippen molar-refractivity contribution in [2.24, 2.45) is 0 Å². The van der Waals surface area contributed by atoms with Crippen LogP contribution in [0.15, 0.2) is 53.4 Å². The predicted molar refractivity (Wildman–Crippen MR) is 113 cm³/mol. The lowest BCUT2D eigenvalue weighted by atomic mass is 10.2. The highest BCUT2D eigenvalue weighted by molar-refractivity contribution is 7.89. The molecule has 1 saturated heterocycles. The van der Waals surface area contributed by atoms with Crippen LogP contribution in [0, 0.1) is 0 Å². The number of carbonyl (C=O) groups excluding carboxylic acids is 1. The third-order valence-corrected chi connectivity index (χ3v) is 6.86. The average Bonchev–Trinajstić information content (AvgIpc) is 2.74. The second-order valence-corrected chi connectivity index (χ2v) is 9.15. The van der Waals surface area contributed by atoms with Crippen LogP contribution in [0.4, 0.5) is 18.9 Å². The molecule has 2 aromatic rings. The normalized spacial score (nSPS) is 16.0. The van der Waals surface area contributed by atoms with E-state index in [1.54, 1.807) is 17.0 Å². The van der Waals surface area contributed by atoms with Crippen molar-refractivity contribution in [2.45, 2.75) is 18.0 Å². The average molecular weight is 472 g/mol. The Labute approximate surface area is 184 Å². The zero-order valence-electron chi connectivity index (χ0n) is 17.4. The van der Waals surface area contributed by atoms with Crippen LogP contribution < -0.4 is 10.1 Å². The number of rotatable bonds is 7. The molecule has 0 aromatic heterocycles. The summed E-state index contributed by atoms with van der Waals surface area (Å²) in [5.41, 5.74) is -0.787. The van der Waals surface area contributed by atoms with Crippen LogP contribution in [0.5, 0.6) is 5.75 Å². The molecule has 7 nitrogen and oxygen atoms in total. The van der Waals surface area contributed by atoms with Crippen molar-refractivity contribution in [3.05, 3.63) is 54.1 Å². The lowest BCUT2D eigenvalue weighted by molar-refractivity contribution is -0.137. The van der Waals surface area contributed by atoms with Crippen LogP contribution in [0.3, 0.4) is 0 Å². The Hall–Kier alpha value is -2.63. The monoisotopic (exact) mass is 471 g/mol. The van der Waals surface area contributed by atoms with E-state index in [2.05, 4.69) is 5.32 Å². The van der Waals surface area contributed by atoms with Crippen molar-refractivity contribution in [3.63, 3.8) is 0 Å². The highest BCUT2D eigenvalue weighted by Gasteiger charge is 2.31. The van der Waals surface area contributed by atoms with Crippen LogP contribution in [0.2, 0.25) is 0 Å². The number of sulfonamides is 1. The first-order valence-corrected chi connectivity index (χ1v) is 11.5. The van der Waals surface area contributed by atoms with Crippen LogP contribution in [0.1, 0.15) is 12.5 Å². The molecule has 0 atom stereocenters. The molecule has 3 rings (SSSR count). The summed E-state index contributed by atoms with van der Waals surface area (Å²) < 4.78 is 70.8. The van der Waals surface area contributed by atoms with Gasteiger partial charge in [0.05, 0.1) is 23.6 Å². The Morgan fingerprint density at radius 3 is 2.31 bits per heavy atom. The number of nitrogens with one attached hydrogen (secondary N) is 1. The molecule has 1 N–H and O–H groups in total. The van der Waals surface area contributed by atoms with E-state index < -0.39 is 27.7 Å². The highest BCUT2D eigenvalue weighted by Crippen LogP contribution is 2.30. The number of nitrogens with zero attached hydrogens (tertiary/aromatic N) is 2. The first kappa shape index (κ1) is 24.0. The number of benzene rings is 2. The summed E-state index contributed by atoms with van der Waals surface area (Å²) in [6, 6.07) is 10.6. The van der Waals surface area contributed by atoms with E-state index in [-0.39, 0.29) is 30.2 Å². The molecule has 174 valence electrons. The van der Waals surface area contributed by atoms with Gasteiger partial charge in [-0.05, 0) is 49.4 Å². The smallest absolute Gasteiger partial charge is 0.416 e. The van der Waals surface area contributed by atoms with Crippen molar-refractivity contribution < 1.29 is 31.1 Å². The summed E-state index contributed by atoms with van der Waals surface area (Å²) in [7, 11) is -3.67. The molecule has 1 heterocycles. The fourth-order valence-corrected chi connectivity index (χ4v) is 4.75. The lowest BCUT2D eigenvalue weighted by Crippen LogP contribution is -2.50. The van der Waals surface area contributed by atoms with Crippen LogP contribution in [-0.2, 0) is 21.0 Å². The maximum Gasteiger partial charge on any atom is 0.416 e. The van der Waals surface area contributed by atoms with Crippen molar-refractivity contribution in [2.75, 3.05) is 44.6 Å². The van der Waals surface area contributed by atoms with Gasteiger partial charge in [-0.3, -0.25) is 9.69 Å². The molecule has 0 spiro atoms. The number of alkyl halides is 3. The predicted octanol–water partition coefficient (Wildman–Crippen LogP) is 3.05. The maximum absolute atomic E-state index is 12.8. The number of anilines is 1. The minimum atomic E-state index is -4.49. The van der Waals surface area contributed by atoms with Gasteiger partial charge < -0.3 is 10.1 Å². The van der Waals surface area contributed by atoms with Crippen LogP contribution >= 0.6 is 0 Å². The molecular formula is C21H24F3N3O4S. The van der Waals surface area contributed by atoms with Gasteiger partial charge in [-0.1, -0.05) is 6.07 Å². The number of carbonyl (C=O) groups is 1.